The number of hydrogen-bond donors (Lipinski definition) is 1. The highest BCUT2D eigenvalue weighted by Crippen LogP contribution is 2.34. The molecule has 1 heterocycles. The van der Waals surface area contributed by atoms with E-state index in [4.69, 9.17) is 0 Å². The maximum Gasteiger partial charge on any atom is 0.209 e. The van der Waals surface area contributed by atoms with Crippen molar-refractivity contribution >= 4 is 11.8 Å². The number of tetrazole rings is 1. The van der Waals surface area contributed by atoms with Crippen LogP contribution in [-0.2, 0) is 7.05 Å². The standard InChI is InChI=1S/C10H19N5S/c1-3-6-11-9(8-4-5-8)7-16-10-12-13-14-15(10)2/h8-9,11H,3-7H2,1-2H3. The lowest BCUT2D eigenvalue weighted by Crippen LogP contribution is -2.34. The molecule has 0 amide bonds. The van der Waals surface area contributed by atoms with E-state index in [1.54, 1.807) is 16.4 Å². The third-order valence-corrected chi connectivity index (χ3v) is 3.95. The Morgan fingerprint density at radius 3 is 2.94 bits per heavy atom. The molecular formula is C10H19N5S. The first-order valence-corrected chi connectivity index (χ1v) is 6.88. The van der Waals surface area contributed by atoms with Crippen molar-refractivity contribution in [3.05, 3.63) is 0 Å². The third-order valence-electron chi connectivity index (χ3n) is 2.82. The Labute approximate surface area is 100 Å². The molecule has 2 rings (SSSR count). The summed E-state index contributed by atoms with van der Waals surface area (Å²) in [4.78, 5) is 0. The van der Waals surface area contributed by atoms with Crippen molar-refractivity contribution < 1.29 is 0 Å². The molecule has 5 nitrogen and oxygen atoms in total. The molecule has 16 heavy (non-hydrogen) atoms. The van der Waals surface area contributed by atoms with Gasteiger partial charge in [0, 0.05) is 18.8 Å². The normalized spacial score (nSPS) is 17.6. The molecule has 1 aliphatic rings. The van der Waals surface area contributed by atoms with Gasteiger partial charge in [0.05, 0.1) is 0 Å². The summed E-state index contributed by atoms with van der Waals surface area (Å²) in [5.41, 5.74) is 0. The Morgan fingerprint density at radius 1 is 1.56 bits per heavy atom. The summed E-state index contributed by atoms with van der Waals surface area (Å²) in [6.45, 7) is 3.31. The molecule has 0 saturated heterocycles. The van der Waals surface area contributed by atoms with E-state index in [1.165, 1.54) is 19.3 Å². The van der Waals surface area contributed by atoms with E-state index in [1.807, 2.05) is 7.05 Å². The summed E-state index contributed by atoms with van der Waals surface area (Å²) in [7, 11) is 1.88. The molecule has 0 radical (unpaired) electrons. The summed E-state index contributed by atoms with van der Waals surface area (Å²) < 4.78 is 1.73. The topological polar surface area (TPSA) is 55.6 Å². The highest BCUT2D eigenvalue weighted by atomic mass is 32.2. The predicted octanol–water partition coefficient (Wildman–Crippen LogP) is 1.08. The van der Waals surface area contributed by atoms with E-state index in [9.17, 15) is 0 Å². The Balaban J connectivity index is 1.79. The molecule has 0 spiro atoms. The zero-order chi connectivity index (χ0) is 11.4. The zero-order valence-corrected chi connectivity index (χ0v) is 10.7. The number of nitrogens with zero attached hydrogens (tertiary/aromatic N) is 4. The summed E-state index contributed by atoms with van der Waals surface area (Å²) in [6.07, 6.45) is 3.94. The van der Waals surface area contributed by atoms with Crippen LogP contribution in [0.3, 0.4) is 0 Å². The van der Waals surface area contributed by atoms with Crippen LogP contribution in [0.5, 0.6) is 0 Å². The van der Waals surface area contributed by atoms with Crippen molar-refractivity contribution in [2.75, 3.05) is 12.3 Å². The first kappa shape index (κ1) is 11.9. The highest BCUT2D eigenvalue weighted by Gasteiger charge is 2.30. The van der Waals surface area contributed by atoms with E-state index in [2.05, 4.69) is 27.8 Å². The van der Waals surface area contributed by atoms with Crippen molar-refractivity contribution in [3.63, 3.8) is 0 Å². The Hall–Kier alpha value is -0.620. The fourth-order valence-electron chi connectivity index (χ4n) is 1.70. The van der Waals surface area contributed by atoms with Gasteiger partial charge in [0.2, 0.25) is 5.16 Å². The molecular weight excluding hydrogens is 222 g/mol. The molecule has 1 aromatic rings. The minimum absolute atomic E-state index is 0.627. The molecule has 1 aliphatic carbocycles. The molecule has 0 aromatic carbocycles. The van der Waals surface area contributed by atoms with E-state index >= 15 is 0 Å². The van der Waals surface area contributed by atoms with Gasteiger partial charge in [-0.15, -0.1) is 5.10 Å². The van der Waals surface area contributed by atoms with Crippen molar-refractivity contribution in [1.29, 1.82) is 0 Å². The van der Waals surface area contributed by atoms with Crippen molar-refractivity contribution in [2.24, 2.45) is 13.0 Å². The second kappa shape index (κ2) is 5.63. The average molecular weight is 241 g/mol. The molecule has 1 unspecified atom stereocenters. The summed E-state index contributed by atoms with van der Waals surface area (Å²) >= 11 is 1.74. The second-order valence-corrected chi connectivity index (χ2v) is 5.28. The second-order valence-electron chi connectivity index (χ2n) is 4.29. The Kier molecular flexibility index (Phi) is 4.17. The molecule has 1 fully saturated rings. The highest BCUT2D eigenvalue weighted by molar-refractivity contribution is 7.99. The summed E-state index contributed by atoms with van der Waals surface area (Å²) in [5.74, 6) is 1.94. The lowest BCUT2D eigenvalue weighted by Gasteiger charge is -2.16. The fourth-order valence-corrected chi connectivity index (χ4v) is 2.73. The largest absolute Gasteiger partial charge is 0.313 e. The van der Waals surface area contributed by atoms with Crippen molar-refractivity contribution in [2.45, 2.75) is 37.4 Å². The van der Waals surface area contributed by atoms with Gasteiger partial charge in [-0.2, -0.15) is 0 Å². The molecule has 0 aliphatic heterocycles. The van der Waals surface area contributed by atoms with Gasteiger partial charge in [-0.25, -0.2) is 4.68 Å². The smallest absolute Gasteiger partial charge is 0.209 e. The lowest BCUT2D eigenvalue weighted by atomic mass is 10.2. The van der Waals surface area contributed by atoms with Crippen molar-refractivity contribution in [3.8, 4) is 0 Å². The molecule has 1 aromatic heterocycles. The SMILES string of the molecule is CCCNC(CSc1nnnn1C)C1CC1. The lowest BCUT2D eigenvalue weighted by molar-refractivity contribution is 0.502. The molecule has 0 bridgehead atoms. The van der Waals surface area contributed by atoms with Crippen LogP contribution >= 0.6 is 11.8 Å². The zero-order valence-electron chi connectivity index (χ0n) is 9.89. The molecule has 1 saturated carbocycles. The summed E-state index contributed by atoms with van der Waals surface area (Å²) in [6, 6.07) is 0.627. The number of aromatic nitrogens is 4. The first-order valence-electron chi connectivity index (χ1n) is 5.89. The average Bonchev–Trinajstić information content (AvgIpc) is 3.04. The maximum atomic E-state index is 3.98. The van der Waals surface area contributed by atoms with E-state index in [0.717, 1.165) is 23.4 Å². The van der Waals surface area contributed by atoms with Gasteiger partial charge in [0.25, 0.3) is 0 Å². The van der Waals surface area contributed by atoms with Gasteiger partial charge in [-0.05, 0) is 42.2 Å². The van der Waals surface area contributed by atoms with Crippen LogP contribution in [0.15, 0.2) is 5.16 Å². The van der Waals surface area contributed by atoms with Gasteiger partial charge in [0.15, 0.2) is 0 Å². The van der Waals surface area contributed by atoms with Crippen LogP contribution in [-0.4, -0.2) is 38.5 Å². The van der Waals surface area contributed by atoms with Crippen LogP contribution in [0.1, 0.15) is 26.2 Å². The molecule has 1 atom stereocenters. The van der Waals surface area contributed by atoms with Gasteiger partial charge in [0.1, 0.15) is 0 Å². The van der Waals surface area contributed by atoms with Crippen molar-refractivity contribution in [1.82, 2.24) is 25.5 Å². The maximum absolute atomic E-state index is 3.98. The van der Waals surface area contributed by atoms with Gasteiger partial charge in [-0.1, -0.05) is 18.7 Å². The predicted molar refractivity (Wildman–Crippen MR) is 64.3 cm³/mol. The molecule has 6 heteroatoms. The fraction of sp³-hybridized carbons (Fsp3) is 0.900. The third kappa shape index (κ3) is 3.18. The van der Waals surface area contributed by atoms with Gasteiger partial charge < -0.3 is 5.32 Å². The van der Waals surface area contributed by atoms with E-state index in [-0.39, 0.29) is 0 Å². The van der Waals surface area contributed by atoms with Crippen LogP contribution in [0.25, 0.3) is 0 Å². The number of rotatable bonds is 7. The van der Waals surface area contributed by atoms with E-state index < -0.39 is 0 Å². The minimum Gasteiger partial charge on any atom is -0.313 e. The molecule has 1 N–H and O–H groups in total. The monoisotopic (exact) mass is 241 g/mol. The quantitative estimate of drug-likeness (QED) is 0.724. The van der Waals surface area contributed by atoms with Crippen LogP contribution in [0.4, 0.5) is 0 Å². The minimum atomic E-state index is 0.627. The van der Waals surface area contributed by atoms with Gasteiger partial charge in [-0.3, -0.25) is 0 Å². The number of thioether (sulfide) groups is 1. The van der Waals surface area contributed by atoms with Crippen LogP contribution in [0, 0.1) is 5.92 Å². The summed E-state index contributed by atoms with van der Waals surface area (Å²) in [5, 5.41) is 16.0. The number of hydrogen-bond acceptors (Lipinski definition) is 5. The number of aryl methyl sites for hydroxylation is 1. The van der Waals surface area contributed by atoms with E-state index in [0.29, 0.717) is 6.04 Å². The van der Waals surface area contributed by atoms with Crippen LogP contribution in [0.2, 0.25) is 0 Å². The van der Waals surface area contributed by atoms with Gasteiger partial charge >= 0.3 is 0 Å². The first-order chi connectivity index (χ1) is 7.81. The Bertz CT molecular complexity index is 323. The Morgan fingerprint density at radius 2 is 2.38 bits per heavy atom. The molecule has 90 valence electrons. The number of nitrogens with one attached hydrogen (secondary N) is 1. The van der Waals surface area contributed by atoms with Crippen LogP contribution < -0.4 is 5.32 Å².